The second kappa shape index (κ2) is 5.52. The van der Waals surface area contributed by atoms with Gasteiger partial charge in [-0.3, -0.25) is 0 Å². The number of halogens is 1. The highest BCUT2D eigenvalue weighted by molar-refractivity contribution is 6.30. The van der Waals surface area contributed by atoms with E-state index in [1.165, 1.54) is 5.56 Å². The highest BCUT2D eigenvalue weighted by Crippen LogP contribution is 2.32. The van der Waals surface area contributed by atoms with E-state index >= 15 is 0 Å². The van der Waals surface area contributed by atoms with Crippen LogP contribution in [0.5, 0.6) is 0 Å². The third kappa shape index (κ3) is 2.59. The van der Waals surface area contributed by atoms with Crippen molar-refractivity contribution in [3.63, 3.8) is 0 Å². The first-order valence-electron chi connectivity index (χ1n) is 7.30. The van der Waals surface area contributed by atoms with Gasteiger partial charge in [-0.25, -0.2) is 0 Å². The van der Waals surface area contributed by atoms with Gasteiger partial charge in [-0.2, -0.15) is 4.68 Å². The highest BCUT2D eigenvalue weighted by atomic mass is 35.5. The minimum absolute atomic E-state index is 0.0492. The summed E-state index contributed by atoms with van der Waals surface area (Å²) in [4.78, 5) is 0. The van der Waals surface area contributed by atoms with Crippen molar-refractivity contribution < 1.29 is 0 Å². The number of hydrogen-bond acceptors (Lipinski definition) is 4. The van der Waals surface area contributed by atoms with Crippen LogP contribution in [0.1, 0.15) is 22.7 Å². The first-order chi connectivity index (χ1) is 11.2. The Morgan fingerprint density at radius 2 is 1.96 bits per heavy atom. The monoisotopic (exact) mass is 323 g/mol. The molecule has 4 rings (SSSR count). The molecular formula is C17H14ClN5. The molecule has 0 spiro atoms. The highest BCUT2D eigenvalue weighted by Gasteiger charge is 2.24. The zero-order valence-electron chi connectivity index (χ0n) is 12.4. The zero-order chi connectivity index (χ0) is 15.8. The second-order valence-electron chi connectivity index (χ2n) is 5.52. The Hall–Kier alpha value is -2.66. The predicted octanol–water partition coefficient (Wildman–Crippen LogP) is 3.69. The summed E-state index contributed by atoms with van der Waals surface area (Å²) in [6.07, 6.45) is 2.13. The lowest BCUT2D eigenvalue weighted by molar-refractivity contribution is 0.585. The van der Waals surface area contributed by atoms with E-state index in [9.17, 15) is 0 Å². The van der Waals surface area contributed by atoms with Crippen molar-refractivity contribution >= 4 is 23.2 Å². The van der Waals surface area contributed by atoms with Crippen LogP contribution in [0.4, 0.5) is 5.95 Å². The van der Waals surface area contributed by atoms with Crippen LogP contribution in [-0.2, 0) is 0 Å². The molecule has 0 amide bonds. The summed E-state index contributed by atoms with van der Waals surface area (Å²) in [5.74, 6) is 0.629. The van der Waals surface area contributed by atoms with E-state index in [2.05, 4.69) is 52.0 Å². The molecule has 0 saturated carbocycles. The van der Waals surface area contributed by atoms with Crippen molar-refractivity contribution in [1.82, 2.24) is 20.2 Å². The standard InChI is InChI=1S/C17H14ClN5/c1-11-3-2-4-13(9-11)16-10-15(12-5-7-14(18)8-6-12)19-17-20-21-22-23(16)17/h2-10,16H,1H3,(H,19,20,22). The number of aryl methyl sites for hydroxylation is 1. The fraction of sp³-hybridized carbons (Fsp3) is 0.118. The molecule has 0 fully saturated rings. The number of tetrazole rings is 1. The molecule has 0 aliphatic carbocycles. The third-order valence-corrected chi connectivity index (χ3v) is 4.12. The number of nitrogens with one attached hydrogen (secondary N) is 1. The molecule has 114 valence electrons. The van der Waals surface area contributed by atoms with Gasteiger partial charge < -0.3 is 5.32 Å². The van der Waals surface area contributed by atoms with Crippen molar-refractivity contribution in [2.24, 2.45) is 0 Å². The van der Waals surface area contributed by atoms with Crippen LogP contribution in [0.2, 0.25) is 5.02 Å². The Morgan fingerprint density at radius 1 is 1.13 bits per heavy atom. The lowest BCUT2D eigenvalue weighted by atomic mass is 10.0. The van der Waals surface area contributed by atoms with Crippen LogP contribution in [0.25, 0.3) is 5.70 Å². The minimum atomic E-state index is -0.0492. The van der Waals surface area contributed by atoms with Crippen molar-refractivity contribution in [3.8, 4) is 0 Å². The summed E-state index contributed by atoms with van der Waals surface area (Å²) in [7, 11) is 0. The second-order valence-corrected chi connectivity index (χ2v) is 5.95. The molecule has 1 unspecified atom stereocenters. The Balaban J connectivity index is 1.81. The lowest BCUT2D eigenvalue weighted by Gasteiger charge is -2.23. The van der Waals surface area contributed by atoms with E-state index in [-0.39, 0.29) is 6.04 Å². The number of fused-ring (bicyclic) bond motifs is 1. The van der Waals surface area contributed by atoms with Gasteiger partial charge in [-0.1, -0.05) is 58.7 Å². The first-order valence-corrected chi connectivity index (χ1v) is 7.68. The molecule has 0 bridgehead atoms. The summed E-state index contributed by atoms with van der Waals surface area (Å²) in [6.45, 7) is 2.08. The smallest absolute Gasteiger partial charge is 0.248 e. The van der Waals surface area contributed by atoms with Crippen LogP contribution in [0.15, 0.2) is 54.6 Å². The van der Waals surface area contributed by atoms with Gasteiger partial charge in [0.1, 0.15) is 6.04 Å². The molecule has 0 radical (unpaired) electrons. The Bertz CT molecular complexity index is 882. The summed E-state index contributed by atoms with van der Waals surface area (Å²) in [5.41, 5.74) is 4.36. The number of hydrogen-bond donors (Lipinski definition) is 1. The van der Waals surface area contributed by atoms with E-state index in [0.717, 1.165) is 16.8 Å². The van der Waals surface area contributed by atoms with Crippen LogP contribution >= 0.6 is 11.6 Å². The summed E-state index contributed by atoms with van der Waals surface area (Å²) >= 11 is 5.98. The quantitative estimate of drug-likeness (QED) is 0.781. The maximum Gasteiger partial charge on any atom is 0.248 e. The molecule has 1 aromatic heterocycles. The molecular weight excluding hydrogens is 310 g/mol. The van der Waals surface area contributed by atoms with Crippen LogP contribution in [0, 0.1) is 6.92 Å². The van der Waals surface area contributed by atoms with Crippen LogP contribution in [0.3, 0.4) is 0 Å². The lowest BCUT2D eigenvalue weighted by Crippen LogP contribution is -2.20. The van der Waals surface area contributed by atoms with E-state index in [0.29, 0.717) is 11.0 Å². The third-order valence-electron chi connectivity index (χ3n) is 3.87. The van der Waals surface area contributed by atoms with Gasteiger partial charge in [-0.05, 0) is 46.7 Å². The molecule has 2 heterocycles. The van der Waals surface area contributed by atoms with Gasteiger partial charge in [0.2, 0.25) is 5.95 Å². The van der Waals surface area contributed by atoms with Gasteiger partial charge in [0.25, 0.3) is 0 Å². The van der Waals surface area contributed by atoms with Crippen molar-refractivity contribution in [2.45, 2.75) is 13.0 Å². The molecule has 1 atom stereocenters. The predicted molar refractivity (Wildman–Crippen MR) is 90.2 cm³/mol. The Morgan fingerprint density at radius 3 is 2.74 bits per heavy atom. The number of aromatic nitrogens is 4. The molecule has 1 aliphatic rings. The average Bonchev–Trinajstić information content (AvgIpc) is 3.03. The van der Waals surface area contributed by atoms with Crippen molar-refractivity contribution in [1.29, 1.82) is 0 Å². The Kier molecular flexibility index (Phi) is 3.35. The largest absolute Gasteiger partial charge is 0.323 e. The minimum Gasteiger partial charge on any atom is -0.323 e. The maximum absolute atomic E-state index is 5.98. The van der Waals surface area contributed by atoms with Gasteiger partial charge >= 0.3 is 0 Å². The van der Waals surface area contributed by atoms with Crippen LogP contribution in [-0.4, -0.2) is 20.2 Å². The fourth-order valence-electron chi connectivity index (χ4n) is 2.74. The fourth-order valence-corrected chi connectivity index (χ4v) is 2.87. The number of benzene rings is 2. The molecule has 5 nitrogen and oxygen atoms in total. The maximum atomic E-state index is 5.98. The zero-order valence-corrected chi connectivity index (χ0v) is 13.2. The molecule has 6 heteroatoms. The van der Waals surface area contributed by atoms with Crippen LogP contribution < -0.4 is 5.32 Å². The Labute approximate surface area is 138 Å². The summed E-state index contributed by atoms with van der Waals surface area (Å²) in [6, 6.07) is 16.0. The SMILES string of the molecule is Cc1cccc(C2C=C(c3ccc(Cl)cc3)Nc3nnnn32)c1. The summed E-state index contributed by atoms with van der Waals surface area (Å²) < 4.78 is 1.79. The number of nitrogens with zero attached hydrogens (tertiary/aromatic N) is 4. The molecule has 1 N–H and O–H groups in total. The van der Waals surface area contributed by atoms with Gasteiger partial charge in [-0.15, -0.1) is 0 Å². The van der Waals surface area contributed by atoms with Gasteiger partial charge in [0, 0.05) is 10.7 Å². The van der Waals surface area contributed by atoms with E-state index in [1.807, 2.05) is 30.3 Å². The normalized spacial score (nSPS) is 16.4. The van der Waals surface area contributed by atoms with E-state index in [1.54, 1.807) is 4.68 Å². The first kappa shape index (κ1) is 14.0. The summed E-state index contributed by atoms with van der Waals surface area (Å²) in [5, 5.41) is 16.0. The number of allylic oxidation sites excluding steroid dienone is 1. The van der Waals surface area contributed by atoms with Gasteiger partial charge in [0.15, 0.2) is 0 Å². The van der Waals surface area contributed by atoms with Crippen molar-refractivity contribution in [3.05, 3.63) is 76.3 Å². The number of anilines is 1. The topological polar surface area (TPSA) is 55.6 Å². The number of rotatable bonds is 2. The van der Waals surface area contributed by atoms with E-state index < -0.39 is 0 Å². The van der Waals surface area contributed by atoms with Crippen molar-refractivity contribution in [2.75, 3.05) is 5.32 Å². The molecule has 2 aromatic carbocycles. The average molecular weight is 324 g/mol. The van der Waals surface area contributed by atoms with Gasteiger partial charge in [0.05, 0.1) is 0 Å². The molecule has 1 aliphatic heterocycles. The molecule has 3 aromatic rings. The van der Waals surface area contributed by atoms with E-state index in [4.69, 9.17) is 11.6 Å². The molecule has 23 heavy (non-hydrogen) atoms. The molecule has 0 saturated heterocycles.